The number of methoxy groups -OCH3 is 1. The topological polar surface area (TPSA) is 38.8 Å². The van der Waals surface area contributed by atoms with Crippen LogP contribution in [-0.2, 0) is 14.3 Å². The summed E-state index contributed by atoms with van der Waals surface area (Å²) in [4.78, 5) is 11.5. The van der Waals surface area contributed by atoms with E-state index in [0.717, 1.165) is 6.42 Å². The van der Waals surface area contributed by atoms with Crippen LogP contribution in [0.3, 0.4) is 0 Å². The maximum Gasteiger partial charge on any atom is 0.340 e. The Balaban J connectivity index is 1.94. The fourth-order valence-electron chi connectivity index (χ4n) is 2.39. The van der Waals surface area contributed by atoms with Crippen molar-refractivity contribution >= 4 is 5.97 Å². The van der Waals surface area contributed by atoms with Gasteiger partial charge in [-0.3, -0.25) is 0 Å². The van der Waals surface area contributed by atoms with Gasteiger partial charge < -0.3 is 9.47 Å². The van der Waals surface area contributed by atoms with Crippen molar-refractivity contribution in [3.63, 3.8) is 0 Å². The molecule has 80 valence electrons. The third-order valence-corrected chi connectivity index (χ3v) is 3.45. The van der Waals surface area contributed by atoms with Gasteiger partial charge in [-0.2, -0.15) is 0 Å². The molecule has 1 heterocycles. The van der Waals surface area contributed by atoms with Crippen molar-refractivity contribution in [2.45, 2.75) is 44.6 Å². The van der Waals surface area contributed by atoms with Crippen LogP contribution in [0.25, 0.3) is 0 Å². The zero-order valence-corrected chi connectivity index (χ0v) is 8.97. The van der Waals surface area contributed by atoms with Crippen molar-refractivity contribution < 1.29 is 14.3 Å². The quantitative estimate of drug-likeness (QED) is 0.500. The van der Waals surface area contributed by atoms with Crippen LogP contribution in [0.4, 0.5) is 0 Å². The van der Waals surface area contributed by atoms with Crippen LogP contribution in [0.2, 0.25) is 0 Å². The van der Waals surface area contributed by atoms with Crippen LogP contribution in [0.15, 0.2) is 0 Å². The van der Waals surface area contributed by atoms with Crippen molar-refractivity contribution in [1.29, 1.82) is 0 Å². The van der Waals surface area contributed by atoms with Gasteiger partial charge in [0.2, 0.25) is 0 Å². The minimum Gasteiger partial charge on any atom is -0.467 e. The van der Waals surface area contributed by atoms with Crippen LogP contribution >= 0.6 is 0 Å². The van der Waals surface area contributed by atoms with Gasteiger partial charge in [0.05, 0.1) is 13.7 Å². The van der Waals surface area contributed by atoms with E-state index < -0.39 is 5.60 Å². The highest BCUT2D eigenvalue weighted by molar-refractivity contribution is 5.82. The van der Waals surface area contributed by atoms with Gasteiger partial charge in [-0.05, 0) is 31.1 Å². The molecule has 14 heavy (non-hydrogen) atoms. The van der Waals surface area contributed by atoms with E-state index in [2.05, 4.69) is 6.92 Å². The predicted molar refractivity (Wildman–Crippen MR) is 51.9 cm³/mol. The molecule has 0 amide bonds. The first kappa shape index (κ1) is 9.97. The molecular formula is C11H18O3. The lowest BCUT2D eigenvalue weighted by Crippen LogP contribution is -2.29. The molecule has 0 aromatic rings. The first-order chi connectivity index (χ1) is 6.66. The average Bonchev–Trinajstić information content (AvgIpc) is 3.06. The van der Waals surface area contributed by atoms with Gasteiger partial charge in [-0.15, -0.1) is 0 Å². The Labute approximate surface area is 84.8 Å². The summed E-state index contributed by atoms with van der Waals surface area (Å²) in [5.74, 6) is -0.181. The highest BCUT2D eigenvalue weighted by atomic mass is 16.6. The van der Waals surface area contributed by atoms with E-state index >= 15 is 0 Å². The Bertz CT molecular complexity index is 239. The van der Waals surface area contributed by atoms with Crippen LogP contribution in [0.5, 0.6) is 0 Å². The molecule has 2 rings (SSSR count). The molecular weight excluding hydrogens is 180 g/mol. The normalized spacial score (nSPS) is 32.4. The number of hydrogen-bond acceptors (Lipinski definition) is 3. The maximum absolute atomic E-state index is 11.5. The third-order valence-electron chi connectivity index (χ3n) is 3.45. The number of hydrogen-bond donors (Lipinski definition) is 0. The number of ether oxygens (including phenoxy) is 2. The van der Waals surface area contributed by atoms with E-state index in [1.54, 1.807) is 0 Å². The first-order valence-electron chi connectivity index (χ1n) is 5.39. The molecule has 2 fully saturated rings. The van der Waals surface area contributed by atoms with Crippen molar-refractivity contribution in [3.8, 4) is 0 Å². The lowest BCUT2D eigenvalue weighted by Gasteiger charge is -2.17. The molecule has 3 heteroatoms. The molecule has 0 N–H and O–H groups in total. The Hall–Kier alpha value is -0.570. The molecule has 3 nitrogen and oxygen atoms in total. The lowest BCUT2D eigenvalue weighted by molar-refractivity contribution is -0.147. The van der Waals surface area contributed by atoms with Crippen molar-refractivity contribution in [2.75, 3.05) is 13.7 Å². The summed E-state index contributed by atoms with van der Waals surface area (Å²) in [7, 11) is 1.44. The number of carbonyl (C=O) groups is 1. The Morgan fingerprint density at radius 3 is 2.50 bits per heavy atom. The van der Waals surface area contributed by atoms with E-state index in [-0.39, 0.29) is 5.97 Å². The highest BCUT2D eigenvalue weighted by Crippen LogP contribution is 2.57. The lowest BCUT2D eigenvalue weighted by atomic mass is 9.88. The number of epoxide rings is 1. The summed E-state index contributed by atoms with van der Waals surface area (Å²) in [5, 5.41) is 0. The van der Waals surface area contributed by atoms with E-state index in [1.165, 1.54) is 32.8 Å². The van der Waals surface area contributed by atoms with Gasteiger partial charge >= 0.3 is 5.97 Å². The second-order valence-corrected chi connectivity index (χ2v) is 4.70. The molecule has 0 aromatic carbocycles. The number of esters is 1. The molecule has 0 bridgehead atoms. The largest absolute Gasteiger partial charge is 0.467 e. The fourth-order valence-corrected chi connectivity index (χ4v) is 2.39. The van der Waals surface area contributed by atoms with Crippen LogP contribution in [0, 0.1) is 5.41 Å². The first-order valence-corrected chi connectivity index (χ1v) is 5.39. The summed E-state index contributed by atoms with van der Waals surface area (Å²) in [6.45, 7) is 2.75. The number of carbonyl (C=O) groups excluding carboxylic acids is 1. The molecule has 2 aliphatic rings. The van der Waals surface area contributed by atoms with Crippen LogP contribution in [0.1, 0.15) is 39.0 Å². The molecule has 0 radical (unpaired) electrons. The molecule has 1 aliphatic carbocycles. The zero-order valence-electron chi connectivity index (χ0n) is 8.97. The third kappa shape index (κ3) is 1.65. The standard InChI is InChI=1S/C11H18O3/c1-3-4-10(5-6-10)7-11(8-14-11)9(12)13-2/h3-8H2,1-2H3. The summed E-state index contributed by atoms with van der Waals surface area (Å²) < 4.78 is 10.1. The average molecular weight is 198 g/mol. The van der Waals surface area contributed by atoms with Gasteiger partial charge in [0, 0.05) is 0 Å². The summed E-state index contributed by atoms with van der Waals surface area (Å²) >= 11 is 0. The van der Waals surface area contributed by atoms with Crippen LogP contribution in [-0.4, -0.2) is 25.3 Å². The molecule has 1 saturated heterocycles. The summed E-state index contributed by atoms with van der Waals surface area (Å²) in [6.07, 6.45) is 5.79. The second kappa shape index (κ2) is 3.23. The van der Waals surface area contributed by atoms with Gasteiger partial charge in [0.15, 0.2) is 5.60 Å². The van der Waals surface area contributed by atoms with Gasteiger partial charge in [0.25, 0.3) is 0 Å². The molecule has 0 spiro atoms. The smallest absolute Gasteiger partial charge is 0.340 e. The highest BCUT2D eigenvalue weighted by Gasteiger charge is 2.60. The Kier molecular flexibility index (Phi) is 2.30. The predicted octanol–water partition coefficient (Wildman–Crippen LogP) is 1.90. The Morgan fingerprint density at radius 2 is 2.14 bits per heavy atom. The van der Waals surface area contributed by atoms with Gasteiger partial charge in [-0.1, -0.05) is 13.3 Å². The van der Waals surface area contributed by atoms with Crippen molar-refractivity contribution in [3.05, 3.63) is 0 Å². The SMILES string of the molecule is CCCC1(CC2(C(=O)OC)CO2)CC1. The Morgan fingerprint density at radius 1 is 1.50 bits per heavy atom. The van der Waals surface area contributed by atoms with E-state index in [1.807, 2.05) is 0 Å². The monoisotopic (exact) mass is 198 g/mol. The fraction of sp³-hybridized carbons (Fsp3) is 0.909. The van der Waals surface area contributed by atoms with E-state index in [0.29, 0.717) is 12.0 Å². The second-order valence-electron chi connectivity index (χ2n) is 4.70. The zero-order chi connectivity index (χ0) is 10.2. The number of rotatable bonds is 5. The summed E-state index contributed by atoms with van der Waals surface area (Å²) in [6, 6.07) is 0. The van der Waals surface area contributed by atoms with E-state index in [4.69, 9.17) is 9.47 Å². The van der Waals surface area contributed by atoms with Crippen molar-refractivity contribution in [1.82, 2.24) is 0 Å². The minimum atomic E-state index is -0.555. The molecule has 1 unspecified atom stereocenters. The maximum atomic E-state index is 11.5. The van der Waals surface area contributed by atoms with Crippen molar-refractivity contribution in [2.24, 2.45) is 5.41 Å². The minimum absolute atomic E-state index is 0.181. The van der Waals surface area contributed by atoms with Gasteiger partial charge in [0.1, 0.15) is 0 Å². The summed E-state index contributed by atoms with van der Waals surface area (Å²) in [5.41, 5.74) is -0.153. The van der Waals surface area contributed by atoms with Gasteiger partial charge in [-0.25, -0.2) is 4.79 Å². The molecule has 0 aromatic heterocycles. The van der Waals surface area contributed by atoms with E-state index in [9.17, 15) is 4.79 Å². The molecule has 1 saturated carbocycles. The van der Waals surface area contributed by atoms with Crippen LogP contribution < -0.4 is 0 Å². The molecule has 1 atom stereocenters. The molecule has 1 aliphatic heterocycles.